The SMILES string of the molecule is CCCCOC(=O)c1ccc(NCc2nnc(-c3ccc(F)cc3)o2)cc1. The van der Waals surface area contributed by atoms with E-state index in [1.165, 1.54) is 12.1 Å². The van der Waals surface area contributed by atoms with E-state index in [4.69, 9.17) is 9.15 Å². The molecule has 0 aliphatic heterocycles. The van der Waals surface area contributed by atoms with E-state index in [-0.39, 0.29) is 11.8 Å². The smallest absolute Gasteiger partial charge is 0.338 e. The largest absolute Gasteiger partial charge is 0.462 e. The van der Waals surface area contributed by atoms with Crippen molar-refractivity contribution in [3.05, 3.63) is 65.8 Å². The number of carbonyl (C=O) groups is 1. The summed E-state index contributed by atoms with van der Waals surface area (Å²) in [5.74, 6) is 0.0861. The number of hydrogen-bond acceptors (Lipinski definition) is 6. The van der Waals surface area contributed by atoms with Gasteiger partial charge >= 0.3 is 5.97 Å². The van der Waals surface area contributed by atoms with Gasteiger partial charge in [0, 0.05) is 11.3 Å². The van der Waals surface area contributed by atoms with Crippen LogP contribution in [0.5, 0.6) is 0 Å². The van der Waals surface area contributed by atoms with Crippen LogP contribution in [0.4, 0.5) is 10.1 Å². The monoisotopic (exact) mass is 369 g/mol. The minimum Gasteiger partial charge on any atom is -0.462 e. The third kappa shape index (κ3) is 5.13. The van der Waals surface area contributed by atoms with Gasteiger partial charge in [-0.2, -0.15) is 0 Å². The van der Waals surface area contributed by atoms with Gasteiger partial charge in [0.15, 0.2) is 0 Å². The zero-order chi connectivity index (χ0) is 19.1. The van der Waals surface area contributed by atoms with Crippen molar-refractivity contribution >= 4 is 11.7 Å². The molecule has 0 amide bonds. The maximum absolute atomic E-state index is 13.0. The fourth-order valence-electron chi connectivity index (χ4n) is 2.33. The molecule has 1 heterocycles. The van der Waals surface area contributed by atoms with Gasteiger partial charge in [-0.3, -0.25) is 0 Å². The van der Waals surface area contributed by atoms with E-state index in [0.29, 0.717) is 36.1 Å². The molecule has 6 nitrogen and oxygen atoms in total. The first-order valence-electron chi connectivity index (χ1n) is 8.75. The average Bonchev–Trinajstić information content (AvgIpc) is 3.16. The Morgan fingerprint density at radius 1 is 1.11 bits per heavy atom. The predicted octanol–water partition coefficient (Wildman–Crippen LogP) is 4.44. The van der Waals surface area contributed by atoms with Gasteiger partial charge in [0.25, 0.3) is 0 Å². The molecule has 3 aromatic rings. The molecule has 140 valence electrons. The number of nitrogens with one attached hydrogen (secondary N) is 1. The van der Waals surface area contributed by atoms with E-state index in [1.807, 2.05) is 6.92 Å². The highest BCUT2D eigenvalue weighted by Gasteiger charge is 2.09. The lowest BCUT2D eigenvalue weighted by Crippen LogP contribution is -2.06. The number of nitrogens with zero attached hydrogens (tertiary/aromatic N) is 2. The molecule has 0 saturated heterocycles. The summed E-state index contributed by atoms with van der Waals surface area (Å²) >= 11 is 0. The summed E-state index contributed by atoms with van der Waals surface area (Å²) in [4.78, 5) is 11.9. The molecule has 27 heavy (non-hydrogen) atoms. The van der Waals surface area contributed by atoms with Crippen LogP contribution in [0.2, 0.25) is 0 Å². The van der Waals surface area contributed by atoms with E-state index >= 15 is 0 Å². The number of benzene rings is 2. The second-order valence-corrected chi connectivity index (χ2v) is 5.93. The van der Waals surface area contributed by atoms with Crippen LogP contribution in [0.1, 0.15) is 36.0 Å². The standard InChI is InChI=1S/C20H20FN3O3/c1-2-3-12-26-20(25)15-6-10-17(11-7-15)22-13-18-23-24-19(27-18)14-4-8-16(21)9-5-14/h4-11,22H,2-3,12-13H2,1H3. The Bertz CT molecular complexity index is 876. The van der Waals surface area contributed by atoms with E-state index in [9.17, 15) is 9.18 Å². The van der Waals surface area contributed by atoms with Gasteiger partial charge in [-0.05, 0) is 55.0 Å². The van der Waals surface area contributed by atoms with Crippen molar-refractivity contribution in [1.82, 2.24) is 10.2 Å². The van der Waals surface area contributed by atoms with Gasteiger partial charge in [-0.15, -0.1) is 10.2 Å². The van der Waals surface area contributed by atoms with Crippen LogP contribution in [0.3, 0.4) is 0 Å². The van der Waals surface area contributed by atoms with Crippen molar-refractivity contribution < 1.29 is 18.3 Å². The third-order valence-corrected chi connectivity index (χ3v) is 3.85. The number of rotatable bonds is 8. The Morgan fingerprint density at radius 2 is 1.85 bits per heavy atom. The zero-order valence-electron chi connectivity index (χ0n) is 14.9. The van der Waals surface area contributed by atoms with Gasteiger partial charge in [0.2, 0.25) is 11.8 Å². The molecule has 1 aromatic heterocycles. The molecule has 7 heteroatoms. The minimum absolute atomic E-state index is 0.321. The van der Waals surface area contributed by atoms with E-state index in [1.54, 1.807) is 36.4 Å². The van der Waals surface area contributed by atoms with Crippen LogP contribution in [0, 0.1) is 5.82 Å². The lowest BCUT2D eigenvalue weighted by Gasteiger charge is -2.06. The third-order valence-electron chi connectivity index (χ3n) is 3.85. The number of carbonyl (C=O) groups excluding carboxylic acids is 1. The summed E-state index contributed by atoms with van der Waals surface area (Å²) in [5, 5.41) is 11.1. The second kappa shape index (κ2) is 8.93. The first kappa shape index (κ1) is 18.6. The molecular formula is C20H20FN3O3. The fourth-order valence-corrected chi connectivity index (χ4v) is 2.33. The molecule has 0 aliphatic rings. The number of hydrogen-bond donors (Lipinski definition) is 1. The molecule has 0 radical (unpaired) electrons. The number of unbranched alkanes of at least 4 members (excludes halogenated alkanes) is 1. The lowest BCUT2D eigenvalue weighted by molar-refractivity contribution is 0.0500. The number of esters is 1. The van der Waals surface area contributed by atoms with Crippen LogP contribution < -0.4 is 5.32 Å². The van der Waals surface area contributed by atoms with E-state index < -0.39 is 0 Å². The molecule has 0 atom stereocenters. The van der Waals surface area contributed by atoms with E-state index in [0.717, 1.165) is 18.5 Å². The Hall–Kier alpha value is -3.22. The average molecular weight is 369 g/mol. The van der Waals surface area contributed by atoms with Gasteiger partial charge in [-0.1, -0.05) is 13.3 Å². The summed E-state index contributed by atoms with van der Waals surface area (Å²) in [6.07, 6.45) is 1.84. The fraction of sp³-hybridized carbons (Fsp3) is 0.250. The summed E-state index contributed by atoms with van der Waals surface area (Å²) in [7, 11) is 0. The van der Waals surface area contributed by atoms with Crippen molar-refractivity contribution in [3.8, 4) is 11.5 Å². The topological polar surface area (TPSA) is 77.2 Å². The van der Waals surface area contributed by atoms with Gasteiger partial charge in [0.05, 0.1) is 18.7 Å². The molecule has 0 aliphatic carbocycles. The van der Waals surface area contributed by atoms with Crippen LogP contribution in [0.15, 0.2) is 52.9 Å². The van der Waals surface area contributed by atoms with Gasteiger partial charge in [0.1, 0.15) is 5.82 Å². The Balaban J connectivity index is 1.54. The van der Waals surface area contributed by atoms with Crippen molar-refractivity contribution in [2.45, 2.75) is 26.3 Å². The molecule has 0 spiro atoms. The molecule has 0 saturated carbocycles. The molecule has 2 aromatic carbocycles. The van der Waals surface area contributed by atoms with Crippen molar-refractivity contribution in [2.24, 2.45) is 0 Å². The van der Waals surface area contributed by atoms with Crippen molar-refractivity contribution in [1.29, 1.82) is 0 Å². The molecule has 3 rings (SSSR count). The lowest BCUT2D eigenvalue weighted by atomic mass is 10.2. The first-order chi connectivity index (χ1) is 13.2. The highest BCUT2D eigenvalue weighted by atomic mass is 19.1. The normalized spacial score (nSPS) is 10.6. The molecule has 0 fully saturated rings. The highest BCUT2D eigenvalue weighted by molar-refractivity contribution is 5.89. The first-order valence-corrected chi connectivity index (χ1v) is 8.75. The zero-order valence-corrected chi connectivity index (χ0v) is 14.9. The summed E-state index contributed by atoms with van der Waals surface area (Å²) in [6, 6.07) is 12.8. The maximum Gasteiger partial charge on any atom is 0.338 e. The van der Waals surface area contributed by atoms with Crippen LogP contribution >= 0.6 is 0 Å². The summed E-state index contributed by atoms with van der Waals surface area (Å²) in [5.41, 5.74) is 1.97. The van der Waals surface area contributed by atoms with Crippen molar-refractivity contribution in [2.75, 3.05) is 11.9 Å². The van der Waals surface area contributed by atoms with Gasteiger partial charge < -0.3 is 14.5 Å². The van der Waals surface area contributed by atoms with Gasteiger partial charge in [-0.25, -0.2) is 9.18 Å². The summed E-state index contributed by atoms with van der Waals surface area (Å²) < 4.78 is 23.7. The quantitative estimate of drug-likeness (QED) is 0.467. The molecule has 0 unspecified atom stereocenters. The molecule has 1 N–H and O–H groups in total. The minimum atomic E-state index is -0.323. The van der Waals surface area contributed by atoms with Crippen LogP contribution in [-0.4, -0.2) is 22.8 Å². The van der Waals surface area contributed by atoms with Crippen LogP contribution in [-0.2, 0) is 11.3 Å². The molecular weight excluding hydrogens is 349 g/mol. The Morgan fingerprint density at radius 3 is 2.56 bits per heavy atom. The van der Waals surface area contributed by atoms with E-state index in [2.05, 4.69) is 15.5 Å². The Kier molecular flexibility index (Phi) is 6.14. The number of aromatic nitrogens is 2. The number of halogens is 1. The summed E-state index contributed by atoms with van der Waals surface area (Å²) in [6.45, 7) is 2.80. The maximum atomic E-state index is 13.0. The van der Waals surface area contributed by atoms with Crippen LogP contribution in [0.25, 0.3) is 11.5 Å². The number of anilines is 1. The van der Waals surface area contributed by atoms with Crippen molar-refractivity contribution in [3.63, 3.8) is 0 Å². The molecule has 0 bridgehead atoms. The second-order valence-electron chi connectivity index (χ2n) is 5.93. The predicted molar refractivity (Wildman–Crippen MR) is 98.7 cm³/mol. The Labute approximate surface area is 156 Å². The highest BCUT2D eigenvalue weighted by Crippen LogP contribution is 2.19. The number of ether oxygens (including phenoxy) is 1.